The molecule has 0 bridgehead atoms. The summed E-state index contributed by atoms with van der Waals surface area (Å²) in [6, 6.07) is 7.80. The molecule has 3 radical (unpaired) electrons. The van der Waals surface area contributed by atoms with Crippen molar-refractivity contribution in [1.82, 2.24) is 0 Å². The van der Waals surface area contributed by atoms with Crippen LogP contribution in [-0.2, 0) is 0 Å². The average Bonchev–Trinajstić information content (AvgIpc) is 1.77. The Balaban J connectivity index is 0.000000640. The third kappa shape index (κ3) is 2.11. The van der Waals surface area contributed by atoms with E-state index in [1.165, 1.54) is 0 Å². The Morgan fingerprint density at radius 2 is 1.78 bits per heavy atom. The summed E-state index contributed by atoms with van der Waals surface area (Å²) >= 11 is 0. The summed E-state index contributed by atoms with van der Waals surface area (Å²) in [4.78, 5) is 0. The van der Waals surface area contributed by atoms with Crippen molar-refractivity contribution in [3.05, 3.63) is 29.8 Å². The van der Waals surface area contributed by atoms with Crippen molar-refractivity contribution in [2.45, 2.75) is 6.92 Å². The summed E-state index contributed by atoms with van der Waals surface area (Å²) in [5.41, 5.74) is 7.53. The molecule has 1 nitrogen and oxygen atoms in total. The molecule has 0 amide bonds. The molecule has 9 heavy (non-hydrogen) atoms. The first-order valence-electron chi connectivity index (χ1n) is 2.62. The second-order valence-electron chi connectivity index (χ2n) is 1.86. The molecule has 0 unspecified atom stereocenters. The first-order valence-corrected chi connectivity index (χ1v) is 2.62. The molecule has 2 N–H and O–H groups in total. The van der Waals surface area contributed by atoms with Crippen molar-refractivity contribution >= 4 is 23.6 Å². The first kappa shape index (κ1) is 8.58. The predicted octanol–water partition coefficient (Wildman–Crippen LogP) is 1.20. The van der Waals surface area contributed by atoms with E-state index in [4.69, 9.17) is 5.73 Å². The maximum Gasteiger partial charge on any atom is 0.0343 e. The van der Waals surface area contributed by atoms with Gasteiger partial charge in [-0.15, -0.1) is 0 Å². The number of nitrogen functional groups attached to an aromatic ring is 1. The van der Waals surface area contributed by atoms with Crippen LogP contribution < -0.4 is 5.73 Å². The van der Waals surface area contributed by atoms with E-state index in [2.05, 4.69) is 0 Å². The Hall–Kier alpha value is -0.422. The predicted molar refractivity (Wildman–Crippen MR) is 41.3 cm³/mol. The molecule has 0 heterocycles. The number of nitrogens with two attached hydrogens (primary N) is 1. The van der Waals surface area contributed by atoms with Crippen LogP contribution in [0.1, 0.15) is 5.56 Å². The smallest absolute Gasteiger partial charge is 0.0343 e. The Kier molecular flexibility index (Phi) is 3.41. The fraction of sp³-hybridized carbons (Fsp3) is 0.143. The number of aryl methyl sites for hydroxylation is 1. The second kappa shape index (κ2) is 3.57. The van der Waals surface area contributed by atoms with E-state index in [-0.39, 0.29) is 18.0 Å². The van der Waals surface area contributed by atoms with E-state index in [1.54, 1.807) is 0 Å². The van der Waals surface area contributed by atoms with Crippen LogP contribution in [0.2, 0.25) is 0 Å². The third-order valence-corrected chi connectivity index (χ3v) is 1.19. The quantitative estimate of drug-likeness (QED) is 0.473. The number of rotatable bonds is 0. The number of benzene rings is 1. The molecule has 0 aromatic heterocycles. The Labute approximate surface area is 66.6 Å². The monoisotopic (exact) mass is 182 g/mol. The normalized spacial score (nSPS) is 8.11. The molecule has 0 aliphatic carbocycles. The Bertz CT molecular complexity index is 165. The molecule has 1 aromatic rings. The van der Waals surface area contributed by atoms with Crippen molar-refractivity contribution in [2.75, 3.05) is 5.73 Å². The zero-order chi connectivity index (χ0) is 5.98. The Morgan fingerprint density at radius 1 is 1.22 bits per heavy atom. The third-order valence-electron chi connectivity index (χ3n) is 1.19. The van der Waals surface area contributed by atoms with Gasteiger partial charge in [0.2, 0.25) is 0 Å². The maximum absolute atomic E-state index is 5.52. The van der Waals surface area contributed by atoms with Gasteiger partial charge in [-0.3, -0.25) is 0 Å². The molecule has 0 aliphatic rings. The van der Waals surface area contributed by atoms with Gasteiger partial charge >= 0.3 is 0 Å². The molecule has 0 saturated heterocycles. The van der Waals surface area contributed by atoms with Crippen LogP contribution in [0.3, 0.4) is 0 Å². The van der Waals surface area contributed by atoms with E-state index in [1.807, 2.05) is 31.2 Å². The number of hydrogen-bond donors (Lipinski definition) is 1. The van der Waals surface area contributed by atoms with E-state index < -0.39 is 0 Å². The molecule has 0 spiro atoms. The molecule has 47 valence electrons. The van der Waals surface area contributed by atoms with Crippen LogP contribution in [0.25, 0.3) is 0 Å². The van der Waals surface area contributed by atoms with Gasteiger partial charge in [0.05, 0.1) is 0 Å². The van der Waals surface area contributed by atoms with E-state index in [9.17, 15) is 0 Å². The fourth-order valence-electron chi connectivity index (χ4n) is 0.587. The van der Waals surface area contributed by atoms with Crippen molar-refractivity contribution in [2.24, 2.45) is 0 Å². The van der Waals surface area contributed by atoms with Crippen molar-refractivity contribution in [3.8, 4) is 0 Å². The van der Waals surface area contributed by atoms with Gasteiger partial charge < -0.3 is 5.73 Å². The van der Waals surface area contributed by atoms with Crippen LogP contribution in [-0.4, -0.2) is 18.0 Å². The fourth-order valence-corrected chi connectivity index (χ4v) is 0.587. The van der Waals surface area contributed by atoms with Crippen LogP contribution in [0.4, 0.5) is 5.69 Å². The summed E-state index contributed by atoms with van der Waals surface area (Å²) < 4.78 is 0. The van der Waals surface area contributed by atoms with Crippen LogP contribution >= 0.6 is 0 Å². The van der Waals surface area contributed by atoms with Crippen molar-refractivity contribution in [1.29, 1.82) is 0 Å². The largest absolute Gasteiger partial charge is 0.399 e. The molecule has 0 atom stereocenters. The minimum atomic E-state index is 0. The first-order chi connectivity index (χ1) is 3.80. The van der Waals surface area contributed by atoms with Gasteiger partial charge in [-0.25, -0.2) is 0 Å². The molecule has 0 fully saturated rings. The number of anilines is 1. The summed E-state index contributed by atoms with van der Waals surface area (Å²) in [5.74, 6) is 0. The molecular weight excluding hydrogens is 173 g/mol. The maximum atomic E-state index is 5.52. The Morgan fingerprint density at radius 3 is 2.11 bits per heavy atom. The van der Waals surface area contributed by atoms with E-state index in [0.717, 1.165) is 11.3 Å². The summed E-state index contributed by atoms with van der Waals surface area (Å²) in [5, 5.41) is 0. The van der Waals surface area contributed by atoms with Crippen molar-refractivity contribution < 1.29 is 0 Å². The van der Waals surface area contributed by atoms with Gasteiger partial charge in [0.15, 0.2) is 0 Å². The second-order valence-corrected chi connectivity index (χ2v) is 1.86. The van der Waals surface area contributed by atoms with Crippen molar-refractivity contribution in [3.63, 3.8) is 0 Å². The van der Waals surface area contributed by atoms with E-state index in [0.29, 0.717) is 0 Å². The molecular formula is C7H9AsN. The number of hydrogen-bond acceptors (Lipinski definition) is 1. The zero-order valence-electron chi connectivity index (χ0n) is 5.33. The average molecular weight is 182 g/mol. The zero-order valence-corrected chi connectivity index (χ0v) is 7.21. The van der Waals surface area contributed by atoms with Crippen LogP contribution in [0.5, 0.6) is 0 Å². The van der Waals surface area contributed by atoms with Gasteiger partial charge in [0.25, 0.3) is 0 Å². The van der Waals surface area contributed by atoms with Gasteiger partial charge in [0.1, 0.15) is 0 Å². The SMILES string of the molecule is Cc1ccccc1N.[As]. The minimum Gasteiger partial charge on any atom is -0.399 e. The van der Waals surface area contributed by atoms with Gasteiger partial charge in [-0.1, -0.05) is 18.2 Å². The molecule has 1 rings (SSSR count). The topological polar surface area (TPSA) is 26.0 Å². The van der Waals surface area contributed by atoms with Gasteiger partial charge in [-0.05, 0) is 18.6 Å². The minimum absolute atomic E-state index is 0. The van der Waals surface area contributed by atoms with Gasteiger partial charge in [-0.2, -0.15) is 0 Å². The molecule has 2 heteroatoms. The van der Waals surface area contributed by atoms with Crippen LogP contribution in [0.15, 0.2) is 24.3 Å². The number of para-hydroxylation sites is 1. The summed E-state index contributed by atoms with van der Waals surface area (Å²) in [6.45, 7) is 2.00. The standard InChI is InChI=1S/C7H9N.As/c1-6-4-2-3-5-7(6)8;/h2-5H,8H2,1H3;. The summed E-state index contributed by atoms with van der Waals surface area (Å²) in [7, 11) is 0. The van der Waals surface area contributed by atoms with Gasteiger partial charge in [0, 0.05) is 23.6 Å². The molecule has 0 saturated carbocycles. The van der Waals surface area contributed by atoms with Crippen LogP contribution in [0, 0.1) is 6.92 Å². The molecule has 0 aliphatic heterocycles. The summed E-state index contributed by atoms with van der Waals surface area (Å²) in [6.07, 6.45) is 0. The molecule has 1 aromatic carbocycles. The van der Waals surface area contributed by atoms with E-state index >= 15 is 0 Å².